The van der Waals surface area contributed by atoms with Crippen LogP contribution in [-0.4, -0.2) is 39.0 Å². The maximum Gasteiger partial charge on any atom is 0.0667 e. The molecule has 2 atom stereocenters. The molecule has 0 aliphatic carbocycles. The Morgan fingerprint density at radius 1 is 1.21 bits per heavy atom. The maximum atomic E-state index is 5.42. The number of hydrogen-bond donors (Lipinski definition) is 1. The van der Waals surface area contributed by atoms with Crippen LogP contribution in [0.1, 0.15) is 27.7 Å². The Morgan fingerprint density at radius 3 is 2.29 bits per heavy atom. The Morgan fingerprint density at radius 2 is 1.86 bits per heavy atom. The van der Waals surface area contributed by atoms with Crippen molar-refractivity contribution in [2.75, 3.05) is 26.9 Å². The summed E-state index contributed by atoms with van der Waals surface area (Å²) in [5.41, 5.74) is 0. The summed E-state index contributed by atoms with van der Waals surface area (Å²) in [6, 6.07) is 0.424. The summed E-state index contributed by atoms with van der Waals surface area (Å²) in [6.45, 7) is 10.9. The van der Waals surface area contributed by atoms with Crippen LogP contribution in [0.3, 0.4) is 0 Å². The number of methoxy groups -OCH3 is 1. The summed E-state index contributed by atoms with van der Waals surface area (Å²) in [5, 5.41) is 3.45. The summed E-state index contributed by atoms with van der Waals surface area (Å²) >= 11 is 0. The normalized spacial score (nSPS) is 15.9. The zero-order valence-corrected chi connectivity index (χ0v) is 10.2. The van der Waals surface area contributed by atoms with Crippen LogP contribution in [0.5, 0.6) is 0 Å². The van der Waals surface area contributed by atoms with Crippen molar-refractivity contribution in [3.63, 3.8) is 0 Å². The van der Waals surface area contributed by atoms with Crippen molar-refractivity contribution >= 4 is 0 Å². The molecule has 0 saturated carbocycles. The molecular weight excluding hydrogens is 178 g/mol. The van der Waals surface area contributed by atoms with E-state index in [1.807, 2.05) is 6.92 Å². The van der Waals surface area contributed by atoms with Gasteiger partial charge < -0.3 is 14.8 Å². The first-order valence-electron chi connectivity index (χ1n) is 5.45. The quantitative estimate of drug-likeness (QED) is 0.651. The van der Waals surface area contributed by atoms with Gasteiger partial charge in [0.2, 0.25) is 0 Å². The minimum Gasteiger partial charge on any atom is -0.380 e. The van der Waals surface area contributed by atoms with E-state index in [0.717, 1.165) is 19.8 Å². The molecule has 2 unspecified atom stereocenters. The summed E-state index contributed by atoms with van der Waals surface area (Å²) in [6.07, 6.45) is 0.262. The van der Waals surface area contributed by atoms with Gasteiger partial charge in [-0.3, -0.25) is 0 Å². The minimum absolute atomic E-state index is 0.262. The van der Waals surface area contributed by atoms with Crippen LogP contribution in [0, 0.1) is 5.92 Å². The summed E-state index contributed by atoms with van der Waals surface area (Å²) in [5.74, 6) is 0.589. The SMILES string of the molecule is CCOCC(NCC(C)OC)C(C)C. The summed E-state index contributed by atoms with van der Waals surface area (Å²) in [4.78, 5) is 0. The predicted octanol–water partition coefficient (Wildman–Crippen LogP) is 1.67. The Hall–Kier alpha value is -0.120. The van der Waals surface area contributed by atoms with Crippen molar-refractivity contribution in [3.05, 3.63) is 0 Å². The molecule has 0 aliphatic heterocycles. The molecule has 0 aromatic carbocycles. The molecule has 0 aromatic heterocycles. The van der Waals surface area contributed by atoms with Crippen molar-refractivity contribution < 1.29 is 9.47 Å². The molecule has 0 rings (SSSR count). The minimum atomic E-state index is 0.262. The van der Waals surface area contributed by atoms with Crippen LogP contribution in [0.2, 0.25) is 0 Å². The van der Waals surface area contributed by atoms with Crippen molar-refractivity contribution in [3.8, 4) is 0 Å². The van der Waals surface area contributed by atoms with E-state index in [2.05, 4.69) is 26.1 Å². The monoisotopic (exact) mass is 203 g/mol. The molecule has 86 valence electrons. The molecule has 0 bridgehead atoms. The number of rotatable bonds is 8. The Bertz CT molecular complexity index is 128. The van der Waals surface area contributed by atoms with Crippen LogP contribution in [-0.2, 0) is 9.47 Å². The lowest BCUT2D eigenvalue weighted by atomic mass is 10.1. The van der Waals surface area contributed by atoms with E-state index < -0.39 is 0 Å². The standard InChI is InChI=1S/C11H25NO2/c1-6-14-8-11(9(2)3)12-7-10(4)13-5/h9-12H,6-8H2,1-5H3. The molecule has 0 heterocycles. The van der Waals surface area contributed by atoms with E-state index in [0.29, 0.717) is 12.0 Å². The van der Waals surface area contributed by atoms with Gasteiger partial charge >= 0.3 is 0 Å². The van der Waals surface area contributed by atoms with Gasteiger partial charge in [-0.15, -0.1) is 0 Å². The van der Waals surface area contributed by atoms with Crippen LogP contribution in [0.4, 0.5) is 0 Å². The van der Waals surface area contributed by atoms with Crippen molar-refractivity contribution in [2.45, 2.75) is 39.8 Å². The van der Waals surface area contributed by atoms with E-state index in [1.54, 1.807) is 7.11 Å². The van der Waals surface area contributed by atoms with E-state index >= 15 is 0 Å². The van der Waals surface area contributed by atoms with Gasteiger partial charge in [0.15, 0.2) is 0 Å². The Balaban J connectivity index is 3.73. The lowest BCUT2D eigenvalue weighted by Crippen LogP contribution is -2.41. The molecule has 0 fully saturated rings. The largest absolute Gasteiger partial charge is 0.380 e. The molecule has 0 spiro atoms. The van der Waals surface area contributed by atoms with Crippen LogP contribution < -0.4 is 5.32 Å². The van der Waals surface area contributed by atoms with Crippen LogP contribution in [0.15, 0.2) is 0 Å². The first-order chi connectivity index (χ1) is 6.61. The predicted molar refractivity (Wildman–Crippen MR) is 59.6 cm³/mol. The highest BCUT2D eigenvalue weighted by Crippen LogP contribution is 2.02. The molecule has 0 saturated heterocycles. The maximum absolute atomic E-state index is 5.42. The number of ether oxygens (including phenoxy) is 2. The van der Waals surface area contributed by atoms with Crippen molar-refractivity contribution in [1.82, 2.24) is 5.32 Å². The van der Waals surface area contributed by atoms with Gasteiger partial charge in [-0.1, -0.05) is 13.8 Å². The fourth-order valence-electron chi connectivity index (χ4n) is 1.13. The summed E-state index contributed by atoms with van der Waals surface area (Å²) in [7, 11) is 1.74. The molecule has 3 heteroatoms. The number of nitrogens with one attached hydrogen (secondary N) is 1. The zero-order valence-electron chi connectivity index (χ0n) is 10.2. The molecular formula is C11H25NO2. The topological polar surface area (TPSA) is 30.5 Å². The lowest BCUT2D eigenvalue weighted by Gasteiger charge is -2.23. The summed E-state index contributed by atoms with van der Waals surface area (Å²) < 4.78 is 10.6. The first-order valence-corrected chi connectivity index (χ1v) is 5.45. The van der Waals surface area contributed by atoms with Crippen LogP contribution in [0.25, 0.3) is 0 Å². The highest BCUT2D eigenvalue weighted by atomic mass is 16.5. The van der Waals surface area contributed by atoms with Gasteiger partial charge in [-0.05, 0) is 19.8 Å². The molecule has 0 aliphatic rings. The molecule has 0 aromatic rings. The third-order valence-corrected chi connectivity index (χ3v) is 2.38. The molecule has 1 N–H and O–H groups in total. The van der Waals surface area contributed by atoms with Gasteiger partial charge in [0.1, 0.15) is 0 Å². The fourth-order valence-corrected chi connectivity index (χ4v) is 1.13. The average molecular weight is 203 g/mol. The second-order valence-corrected chi connectivity index (χ2v) is 3.96. The number of hydrogen-bond acceptors (Lipinski definition) is 3. The lowest BCUT2D eigenvalue weighted by molar-refractivity contribution is 0.0850. The van der Waals surface area contributed by atoms with E-state index in [9.17, 15) is 0 Å². The zero-order chi connectivity index (χ0) is 11.0. The van der Waals surface area contributed by atoms with E-state index in [1.165, 1.54) is 0 Å². The highest BCUT2D eigenvalue weighted by molar-refractivity contribution is 4.71. The van der Waals surface area contributed by atoms with Gasteiger partial charge in [0.25, 0.3) is 0 Å². The third-order valence-electron chi connectivity index (χ3n) is 2.38. The Labute approximate surface area is 88.2 Å². The van der Waals surface area contributed by atoms with Gasteiger partial charge in [0.05, 0.1) is 12.7 Å². The van der Waals surface area contributed by atoms with Crippen molar-refractivity contribution in [2.24, 2.45) is 5.92 Å². The average Bonchev–Trinajstić information content (AvgIpc) is 2.16. The third kappa shape index (κ3) is 6.35. The highest BCUT2D eigenvalue weighted by Gasteiger charge is 2.13. The fraction of sp³-hybridized carbons (Fsp3) is 1.00. The van der Waals surface area contributed by atoms with Gasteiger partial charge in [-0.25, -0.2) is 0 Å². The van der Waals surface area contributed by atoms with Gasteiger partial charge in [0, 0.05) is 26.3 Å². The molecule has 3 nitrogen and oxygen atoms in total. The molecule has 14 heavy (non-hydrogen) atoms. The second kappa shape index (κ2) is 8.21. The second-order valence-electron chi connectivity index (χ2n) is 3.96. The van der Waals surface area contributed by atoms with Crippen LogP contribution >= 0.6 is 0 Å². The van der Waals surface area contributed by atoms with Crippen molar-refractivity contribution in [1.29, 1.82) is 0 Å². The first kappa shape index (κ1) is 13.9. The smallest absolute Gasteiger partial charge is 0.0667 e. The van der Waals surface area contributed by atoms with E-state index in [4.69, 9.17) is 9.47 Å². The molecule has 0 radical (unpaired) electrons. The Kier molecular flexibility index (Phi) is 8.14. The van der Waals surface area contributed by atoms with E-state index in [-0.39, 0.29) is 6.10 Å². The molecule has 0 amide bonds. The van der Waals surface area contributed by atoms with Gasteiger partial charge in [-0.2, -0.15) is 0 Å².